The lowest BCUT2D eigenvalue weighted by molar-refractivity contribution is 0.767. The fraction of sp³-hybridized carbons (Fsp3) is 0.200. The van der Waals surface area contributed by atoms with Gasteiger partial charge in [0, 0.05) is 12.3 Å². The van der Waals surface area contributed by atoms with Crippen LogP contribution in [0.25, 0.3) is 10.2 Å². The summed E-state index contributed by atoms with van der Waals surface area (Å²) in [5.74, 6) is 0.683. The molecular formula is C10H10N2OS2. The molecule has 0 fully saturated rings. The summed E-state index contributed by atoms with van der Waals surface area (Å²) in [6, 6.07) is 1.81. The van der Waals surface area contributed by atoms with Gasteiger partial charge in [-0.3, -0.25) is 9.36 Å². The summed E-state index contributed by atoms with van der Waals surface area (Å²) in [4.78, 5) is 16.9. The van der Waals surface area contributed by atoms with Crippen molar-refractivity contribution in [3.63, 3.8) is 0 Å². The van der Waals surface area contributed by atoms with Crippen molar-refractivity contribution in [1.29, 1.82) is 0 Å². The molecule has 0 aliphatic rings. The summed E-state index contributed by atoms with van der Waals surface area (Å²) in [5, 5.41) is 2.58. The van der Waals surface area contributed by atoms with Gasteiger partial charge in [0.2, 0.25) is 0 Å². The third-order valence-corrected chi connectivity index (χ3v) is 3.06. The molecule has 0 atom stereocenters. The molecule has 78 valence electrons. The molecule has 2 aromatic rings. The maximum Gasteiger partial charge on any atom is 0.262 e. The molecule has 0 amide bonds. The predicted molar refractivity (Wildman–Crippen MR) is 66.9 cm³/mol. The van der Waals surface area contributed by atoms with Crippen LogP contribution in [0.4, 0.5) is 0 Å². The van der Waals surface area contributed by atoms with Gasteiger partial charge in [-0.1, -0.05) is 12.2 Å². The van der Waals surface area contributed by atoms with Crippen LogP contribution in [0.15, 0.2) is 34.7 Å². The minimum Gasteiger partial charge on any atom is -0.295 e. The molecule has 0 saturated carbocycles. The van der Waals surface area contributed by atoms with E-state index in [2.05, 4.69) is 17.6 Å². The zero-order valence-electron chi connectivity index (χ0n) is 7.96. The van der Waals surface area contributed by atoms with Gasteiger partial charge in [-0.25, -0.2) is 4.98 Å². The standard InChI is InChI=1S/C10H10N2OS2/c13-10-8-3-6-15-9(8)11-7-12(10)4-1-2-5-14/h1-3,6-7,14H,4-5H2. The van der Waals surface area contributed by atoms with Gasteiger partial charge in [-0.05, 0) is 11.4 Å². The Hall–Kier alpha value is -1.07. The Balaban J connectivity index is 2.40. The first-order valence-electron chi connectivity index (χ1n) is 4.51. The Kier molecular flexibility index (Phi) is 3.23. The average Bonchev–Trinajstić information content (AvgIpc) is 2.70. The van der Waals surface area contributed by atoms with Crippen LogP contribution in [-0.2, 0) is 6.54 Å². The van der Waals surface area contributed by atoms with Crippen LogP contribution in [-0.4, -0.2) is 15.3 Å². The zero-order chi connectivity index (χ0) is 10.7. The van der Waals surface area contributed by atoms with E-state index in [0.29, 0.717) is 17.7 Å². The van der Waals surface area contributed by atoms with Crippen LogP contribution in [0.5, 0.6) is 0 Å². The lowest BCUT2D eigenvalue weighted by Crippen LogP contribution is -2.19. The van der Waals surface area contributed by atoms with E-state index in [4.69, 9.17) is 0 Å². The van der Waals surface area contributed by atoms with Crippen molar-refractivity contribution in [1.82, 2.24) is 9.55 Å². The molecule has 0 saturated heterocycles. The number of rotatable bonds is 3. The Labute approximate surface area is 96.5 Å². The minimum atomic E-state index is 0.0186. The molecule has 0 radical (unpaired) electrons. The summed E-state index contributed by atoms with van der Waals surface area (Å²) in [7, 11) is 0. The van der Waals surface area contributed by atoms with Crippen molar-refractivity contribution in [2.45, 2.75) is 6.54 Å². The summed E-state index contributed by atoms with van der Waals surface area (Å²) < 4.78 is 1.59. The SMILES string of the molecule is O=c1c2ccsc2ncn1CC=CCS. The van der Waals surface area contributed by atoms with E-state index in [1.165, 1.54) is 11.3 Å². The smallest absolute Gasteiger partial charge is 0.262 e. The Morgan fingerprint density at radius 1 is 1.53 bits per heavy atom. The monoisotopic (exact) mass is 238 g/mol. The number of hydrogen-bond acceptors (Lipinski definition) is 4. The van der Waals surface area contributed by atoms with E-state index >= 15 is 0 Å². The van der Waals surface area contributed by atoms with E-state index in [1.807, 2.05) is 23.6 Å². The summed E-state index contributed by atoms with van der Waals surface area (Å²) >= 11 is 5.54. The fourth-order valence-corrected chi connectivity index (χ4v) is 2.16. The van der Waals surface area contributed by atoms with Gasteiger partial charge < -0.3 is 0 Å². The zero-order valence-corrected chi connectivity index (χ0v) is 9.67. The van der Waals surface area contributed by atoms with Crippen molar-refractivity contribution in [3.05, 3.63) is 40.3 Å². The molecule has 0 aliphatic carbocycles. The van der Waals surface area contributed by atoms with E-state index < -0.39 is 0 Å². The molecule has 0 aliphatic heterocycles. The molecule has 0 spiro atoms. The van der Waals surface area contributed by atoms with Crippen LogP contribution in [0.2, 0.25) is 0 Å². The third kappa shape index (κ3) is 2.13. The first-order chi connectivity index (χ1) is 7.33. The Morgan fingerprint density at radius 3 is 3.20 bits per heavy atom. The Morgan fingerprint density at radius 2 is 2.40 bits per heavy atom. The molecule has 0 bridgehead atoms. The van der Waals surface area contributed by atoms with Crippen LogP contribution in [0.1, 0.15) is 0 Å². The van der Waals surface area contributed by atoms with Crippen molar-refractivity contribution in [2.75, 3.05) is 5.75 Å². The highest BCUT2D eigenvalue weighted by atomic mass is 32.1. The number of fused-ring (bicyclic) bond motifs is 1. The third-order valence-electron chi connectivity index (χ3n) is 2.02. The van der Waals surface area contributed by atoms with Gasteiger partial charge in [-0.15, -0.1) is 11.3 Å². The molecule has 3 nitrogen and oxygen atoms in total. The van der Waals surface area contributed by atoms with Gasteiger partial charge in [0.15, 0.2) is 0 Å². The van der Waals surface area contributed by atoms with Gasteiger partial charge in [0.05, 0.1) is 11.7 Å². The molecule has 15 heavy (non-hydrogen) atoms. The van der Waals surface area contributed by atoms with Crippen molar-refractivity contribution < 1.29 is 0 Å². The van der Waals surface area contributed by atoms with E-state index in [0.717, 1.165) is 4.83 Å². The van der Waals surface area contributed by atoms with Crippen LogP contribution in [0, 0.1) is 0 Å². The van der Waals surface area contributed by atoms with Gasteiger partial charge in [0.1, 0.15) is 4.83 Å². The summed E-state index contributed by atoms with van der Waals surface area (Å²) in [6.07, 6.45) is 5.41. The van der Waals surface area contributed by atoms with Crippen LogP contribution >= 0.6 is 24.0 Å². The number of hydrogen-bond donors (Lipinski definition) is 1. The fourth-order valence-electron chi connectivity index (χ4n) is 1.29. The molecule has 5 heteroatoms. The lowest BCUT2D eigenvalue weighted by Gasteiger charge is -2.00. The number of thiophene rings is 1. The maximum atomic E-state index is 11.9. The molecule has 0 unspecified atom stereocenters. The topological polar surface area (TPSA) is 34.9 Å². The second-order valence-electron chi connectivity index (χ2n) is 3.00. The molecule has 2 rings (SSSR count). The van der Waals surface area contributed by atoms with Gasteiger partial charge in [0.25, 0.3) is 5.56 Å². The van der Waals surface area contributed by atoms with Crippen LogP contribution < -0.4 is 5.56 Å². The summed E-state index contributed by atoms with van der Waals surface area (Å²) in [6.45, 7) is 0.554. The molecule has 2 aromatic heterocycles. The second kappa shape index (κ2) is 4.63. The van der Waals surface area contributed by atoms with Crippen molar-refractivity contribution in [3.8, 4) is 0 Å². The number of nitrogens with zero attached hydrogens (tertiary/aromatic N) is 2. The second-order valence-corrected chi connectivity index (χ2v) is 4.26. The van der Waals surface area contributed by atoms with Crippen LogP contribution in [0.3, 0.4) is 0 Å². The lowest BCUT2D eigenvalue weighted by atomic mass is 10.4. The van der Waals surface area contributed by atoms with Gasteiger partial charge in [-0.2, -0.15) is 12.6 Å². The van der Waals surface area contributed by atoms with E-state index in [9.17, 15) is 4.79 Å². The largest absolute Gasteiger partial charge is 0.295 e. The van der Waals surface area contributed by atoms with Crippen molar-refractivity contribution >= 4 is 34.2 Å². The maximum absolute atomic E-state index is 11.9. The molecule has 2 heterocycles. The van der Waals surface area contributed by atoms with E-state index in [1.54, 1.807) is 10.9 Å². The normalized spacial score (nSPS) is 11.5. The highest BCUT2D eigenvalue weighted by molar-refractivity contribution is 7.80. The molecule has 0 aromatic carbocycles. The summed E-state index contributed by atoms with van der Waals surface area (Å²) in [5.41, 5.74) is 0.0186. The first-order valence-corrected chi connectivity index (χ1v) is 6.02. The molecular weight excluding hydrogens is 228 g/mol. The quantitative estimate of drug-likeness (QED) is 0.655. The number of aromatic nitrogens is 2. The first kappa shape index (κ1) is 10.4. The minimum absolute atomic E-state index is 0.0186. The average molecular weight is 238 g/mol. The van der Waals surface area contributed by atoms with E-state index in [-0.39, 0.29) is 5.56 Å². The van der Waals surface area contributed by atoms with Gasteiger partial charge >= 0.3 is 0 Å². The molecule has 0 N–H and O–H groups in total. The number of thiol groups is 1. The highest BCUT2D eigenvalue weighted by Crippen LogP contribution is 2.13. The predicted octanol–water partition coefficient (Wildman–Crippen LogP) is 1.94. The van der Waals surface area contributed by atoms with Crippen molar-refractivity contribution in [2.24, 2.45) is 0 Å². The Bertz CT molecular complexity index is 542. The highest BCUT2D eigenvalue weighted by Gasteiger charge is 2.02. The number of allylic oxidation sites excluding steroid dienone is 1.